The number of aliphatic hydroxyl groups is 2. The second kappa shape index (κ2) is 9.93. The lowest BCUT2D eigenvalue weighted by Gasteiger charge is -2.24. The van der Waals surface area contributed by atoms with E-state index in [4.69, 9.17) is 9.47 Å². The van der Waals surface area contributed by atoms with E-state index in [-0.39, 0.29) is 13.2 Å². The molecule has 0 heterocycles. The van der Waals surface area contributed by atoms with E-state index >= 15 is 0 Å². The Morgan fingerprint density at radius 1 is 1.00 bits per heavy atom. The average molecular weight is 331 g/mol. The highest BCUT2D eigenvalue weighted by Gasteiger charge is 2.13. The molecular formula is C19H25NO4. The summed E-state index contributed by atoms with van der Waals surface area (Å²) >= 11 is 0. The molecule has 0 fully saturated rings. The molecule has 2 rings (SSSR count). The van der Waals surface area contributed by atoms with E-state index in [1.165, 1.54) is 0 Å². The van der Waals surface area contributed by atoms with Gasteiger partial charge in [-0.05, 0) is 29.8 Å². The minimum atomic E-state index is -0.637. The summed E-state index contributed by atoms with van der Waals surface area (Å²) < 4.78 is 10.7. The number of aliphatic hydroxyl groups excluding tert-OH is 2. The van der Waals surface area contributed by atoms with Gasteiger partial charge >= 0.3 is 0 Å². The van der Waals surface area contributed by atoms with Crippen LogP contribution in [0.15, 0.2) is 54.6 Å². The van der Waals surface area contributed by atoms with Crippen molar-refractivity contribution in [1.29, 1.82) is 0 Å². The van der Waals surface area contributed by atoms with E-state index in [2.05, 4.69) is 0 Å². The monoisotopic (exact) mass is 331 g/mol. The quantitative estimate of drug-likeness (QED) is 0.697. The molecule has 1 unspecified atom stereocenters. The molecule has 5 nitrogen and oxygen atoms in total. The first-order valence-corrected chi connectivity index (χ1v) is 8.03. The minimum Gasteiger partial charge on any atom is -0.497 e. The normalized spacial score (nSPS) is 12.2. The van der Waals surface area contributed by atoms with Crippen molar-refractivity contribution in [3.63, 3.8) is 0 Å². The molecule has 0 aromatic heterocycles. The van der Waals surface area contributed by atoms with Gasteiger partial charge in [-0.1, -0.05) is 30.3 Å². The van der Waals surface area contributed by atoms with Gasteiger partial charge in [-0.15, -0.1) is 0 Å². The van der Waals surface area contributed by atoms with Crippen LogP contribution in [0.5, 0.6) is 11.5 Å². The molecule has 1 atom stereocenters. The summed E-state index contributed by atoms with van der Waals surface area (Å²) in [6.07, 6.45) is -0.637. The highest BCUT2D eigenvalue weighted by atomic mass is 16.5. The van der Waals surface area contributed by atoms with Crippen LogP contribution in [-0.2, 0) is 6.54 Å². The summed E-state index contributed by atoms with van der Waals surface area (Å²) in [6.45, 7) is 1.88. The Morgan fingerprint density at radius 3 is 2.29 bits per heavy atom. The molecule has 5 heteroatoms. The van der Waals surface area contributed by atoms with Crippen LogP contribution in [0.25, 0.3) is 0 Å². The Bertz CT molecular complexity index is 574. The maximum Gasteiger partial charge on any atom is 0.119 e. The summed E-state index contributed by atoms with van der Waals surface area (Å²) in [5.41, 5.74) is 1.15. The second-order valence-corrected chi connectivity index (χ2v) is 5.58. The Hall–Kier alpha value is -2.08. The van der Waals surface area contributed by atoms with Crippen LogP contribution < -0.4 is 9.47 Å². The van der Waals surface area contributed by atoms with Gasteiger partial charge in [0.1, 0.15) is 24.2 Å². The van der Waals surface area contributed by atoms with Gasteiger partial charge in [0.05, 0.1) is 13.7 Å². The van der Waals surface area contributed by atoms with Crippen LogP contribution in [-0.4, -0.2) is 54.6 Å². The lowest BCUT2D eigenvalue weighted by molar-refractivity contribution is 0.0590. The fourth-order valence-corrected chi connectivity index (χ4v) is 2.43. The summed E-state index contributed by atoms with van der Waals surface area (Å²) in [5.74, 6) is 1.45. The molecule has 0 saturated carbocycles. The van der Waals surface area contributed by atoms with Crippen molar-refractivity contribution >= 4 is 0 Å². The molecular weight excluding hydrogens is 306 g/mol. The Balaban J connectivity index is 1.82. The van der Waals surface area contributed by atoms with Gasteiger partial charge < -0.3 is 19.7 Å². The predicted molar refractivity (Wildman–Crippen MR) is 93.3 cm³/mol. The number of benzene rings is 2. The fourth-order valence-electron chi connectivity index (χ4n) is 2.43. The Labute approximate surface area is 143 Å². The van der Waals surface area contributed by atoms with Crippen molar-refractivity contribution in [1.82, 2.24) is 4.90 Å². The summed E-state index contributed by atoms with van der Waals surface area (Å²) in [5, 5.41) is 19.4. The van der Waals surface area contributed by atoms with Gasteiger partial charge in [-0.25, -0.2) is 0 Å². The molecule has 0 saturated heterocycles. The second-order valence-electron chi connectivity index (χ2n) is 5.58. The van der Waals surface area contributed by atoms with Crippen molar-refractivity contribution in [3.05, 3.63) is 60.2 Å². The maximum absolute atomic E-state index is 10.2. The summed E-state index contributed by atoms with van der Waals surface area (Å²) in [7, 11) is 1.61. The molecule has 2 aromatic rings. The van der Waals surface area contributed by atoms with Crippen molar-refractivity contribution in [3.8, 4) is 11.5 Å². The predicted octanol–water partition coefficient (Wildman–Crippen LogP) is 1.93. The van der Waals surface area contributed by atoms with Crippen LogP contribution >= 0.6 is 0 Å². The van der Waals surface area contributed by atoms with E-state index in [1.54, 1.807) is 19.2 Å². The third-order valence-electron chi connectivity index (χ3n) is 3.64. The van der Waals surface area contributed by atoms with Crippen LogP contribution in [0.3, 0.4) is 0 Å². The number of rotatable bonds is 10. The third-order valence-corrected chi connectivity index (χ3v) is 3.64. The molecule has 130 valence electrons. The molecule has 0 aliphatic carbocycles. The Morgan fingerprint density at radius 2 is 1.67 bits per heavy atom. The number of hydrogen-bond donors (Lipinski definition) is 2. The molecule has 2 aromatic carbocycles. The van der Waals surface area contributed by atoms with Gasteiger partial charge in [-0.3, -0.25) is 4.90 Å². The number of ether oxygens (including phenoxy) is 2. The molecule has 0 bridgehead atoms. The van der Waals surface area contributed by atoms with Gasteiger partial charge in [0.2, 0.25) is 0 Å². The van der Waals surface area contributed by atoms with Crippen molar-refractivity contribution < 1.29 is 19.7 Å². The molecule has 24 heavy (non-hydrogen) atoms. The van der Waals surface area contributed by atoms with Crippen LogP contribution in [0.2, 0.25) is 0 Å². The van der Waals surface area contributed by atoms with Crippen LogP contribution in [0, 0.1) is 0 Å². The molecule has 0 aliphatic heterocycles. The summed E-state index contributed by atoms with van der Waals surface area (Å²) in [6, 6.07) is 17.2. The highest BCUT2D eigenvalue weighted by molar-refractivity contribution is 5.31. The first-order chi connectivity index (χ1) is 11.7. The van der Waals surface area contributed by atoms with E-state index in [9.17, 15) is 10.2 Å². The van der Waals surface area contributed by atoms with E-state index in [1.807, 2.05) is 47.4 Å². The topological polar surface area (TPSA) is 62.2 Å². The zero-order valence-electron chi connectivity index (χ0n) is 14.0. The maximum atomic E-state index is 10.2. The first-order valence-electron chi connectivity index (χ1n) is 8.03. The van der Waals surface area contributed by atoms with Crippen molar-refractivity contribution in [2.75, 3.05) is 33.4 Å². The van der Waals surface area contributed by atoms with Crippen LogP contribution in [0.1, 0.15) is 5.56 Å². The minimum absolute atomic E-state index is 0.0545. The Kier molecular flexibility index (Phi) is 7.55. The highest BCUT2D eigenvalue weighted by Crippen LogP contribution is 2.17. The molecule has 0 spiro atoms. The van der Waals surface area contributed by atoms with Gasteiger partial charge in [0.25, 0.3) is 0 Å². The summed E-state index contributed by atoms with van der Waals surface area (Å²) in [4.78, 5) is 2.01. The lowest BCUT2D eigenvalue weighted by Crippen LogP contribution is -2.37. The molecule has 0 aliphatic rings. The first kappa shape index (κ1) is 18.3. The number of nitrogens with zero attached hydrogens (tertiary/aromatic N) is 1. The van der Waals surface area contributed by atoms with Gasteiger partial charge in [0, 0.05) is 19.6 Å². The molecule has 2 N–H and O–H groups in total. The number of methoxy groups -OCH3 is 1. The largest absolute Gasteiger partial charge is 0.497 e. The van der Waals surface area contributed by atoms with Crippen LogP contribution in [0.4, 0.5) is 0 Å². The van der Waals surface area contributed by atoms with E-state index in [0.717, 1.165) is 11.3 Å². The zero-order chi connectivity index (χ0) is 17.2. The zero-order valence-corrected chi connectivity index (χ0v) is 14.0. The smallest absolute Gasteiger partial charge is 0.119 e. The van der Waals surface area contributed by atoms with E-state index < -0.39 is 6.10 Å². The molecule has 0 radical (unpaired) electrons. The lowest BCUT2D eigenvalue weighted by atomic mass is 10.2. The molecule has 0 amide bonds. The fraction of sp³-hybridized carbons (Fsp3) is 0.368. The standard InChI is InChI=1S/C19H25NO4/c1-23-18-7-9-19(10-8-18)24-15-17(22)14-20(11-12-21)13-16-5-3-2-4-6-16/h2-10,17,21-22H,11-15H2,1H3. The van der Waals surface area contributed by atoms with Gasteiger partial charge in [0.15, 0.2) is 0 Å². The van der Waals surface area contributed by atoms with E-state index in [0.29, 0.717) is 25.4 Å². The average Bonchev–Trinajstić information content (AvgIpc) is 2.61. The number of hydrogen-bond acceptors (Lipinski definition) is 5. The van der Waals surface area contributed by atoms with Crippen molar-refractivity contribution in [2.24, 2.45) is 0 Å². The van der Waals surface area contributed by atoms with Crippen molar-refractivity contribution in [2.45, 2.75) is 12.6 Å². The third kappa shape index (κ3) is 6.20. The van der Waals surface area contributed by atoms with Gasteiger partial charge in [-0.2, -0.15) is 0 Å². The SMILES string of the molecule is COc1ccc(OCC(O)CN(CCO)Cc2ccccc2)cc1.